The Morgan fingerprint density at radius 3 is 2.45 bits per heavy atom. The Labute approximate surface area is 127 Å². The molecule has 0 radical (unpaired) electrons. The molecule has 3 N–H and O–H groups in total. The second kappa shape index (κ2) is 7.65. The molecule has 4 heteroatoms. The lowest BCUT2D eigenvalue weighted by atomic mass is 9.85. The zero-order valence-corrected chi connectivity index (χ0v) is 13.1. The highest BCUT2D eigenvalue weighted by Gasteiger charge is 2.25. The van der Waals surface area contributed by atoms with E-state index in [1.807, 2.05) is 12.1 Å². The first-order valence-corrected chi connectivity index (χ1v) is 7.22. The van der Waals surface area contributed by atoms with Crippen molar-refractivity contribution in [1.29, 1.82) is 0 Å². The molecule has 2 atom stereocenters. The van der Waals surface area contributed by atoms with Crippen LogP contribution in [0.1, 0.15) is 51.0 Å². The second-order valence-electron chi connectivity index (χ2n) is 5.89. The molecule has 0 bridgehead atoms. The van der Waals surface area contributed by atoms with E-state index in [9.17, 15) is 4.79 Å². The summed E-state index contributed by atoms with van der Waals surface area (Å²) < 4.78 is 0. The molecule has 1 amide bonds. The van der Waals surface area contributed by atoms with Crippen LogP contribution in [0.5, 0.6) is 0 Å². The lowest BCUT2D eigenvalue weighted by Crippen LogP contribution is -2.34. The smallest absolute Gasteiger partial charge is 0.227 e. The number of anilines is 1. The molecule has 1 saturated carbocycles. The molecular formula is C16H25ClN2O. The van der Waals surface area contributed by atoms with Gasteiger partial charge in [0.2, 0.25) is 5.91 Å². The van der Waals surface area contributed by atoms with Crippen molar-refractivity contribution < 1.29 is 4.79 Å². The molecule has 0 aromatic heterocycles. The number of nitrogens with one attached hydrogen (secondary N) is 1. The van der Waals surface area contributed by atoms with Crippen molar-refractivity contribution in [1.82, 2.24) is 0 Å². The van der Waals surface area contributed by atoms with E-state index in [0.29, 0.717) is 5.92 Å². The van der Waals surface area contributed by atoms with Crippen LogP contribution in [-0.2, 0) is 4.79 Å². The molecule has 2 unspecified atom stereocenters. The largest absolute Gasteiger partial charge is 0.328 e. The number of nitrogens with two attached hydrogens (primary N) is 1. The van der Waals surface area contributed by atoms with E-state index in [4.69, 9.17) is 5.73 Å². The van der Waals surface area contributed by atoms with Crippen LogP contribution in [0.2, 0.25) is 0 Å². The van der Waals surface area contributed by atoms with E-state index in [0.717, 1.165) is 31.4 Å². The Balaban J connectivity index is 0.00000200. The van der Waals surface area contributed by atoms with Gasteiger partial charge in [0.1, 0.15) is 0 Å². The summed E-state index contributed by atoms with van der Waals surface area (Å²) in [6.07, 6.45) is 3.89. The fourth-order valence-electron chi connectivity index (χ4n) is 2.66. The van der Waals surface area contributed by atoms with Gasteiger partial charge in [-0.2, -0.15) is 0 Å². The first kappa shape index (κ1) is 17.0. The Hall–Kier alpha value is -1.06. The van der Waals surface area contributed by atoms with Crippen molar-refractivity contribution in [3.8, 4) is 0 Å². The molecule has 1 aromatic rings. The third-order valence-corrected chi connectivity index (χ3v) is 3.93. The zero-order valence-electron chi connectivity index (χ0n) is 12.3. The maximum absolute atomic E-state index is 12.2. The van der Waals surface area contributed by atoms with Gasteiger partial charge in [0.25, 0.3) is 0 Å². The van der Waals surface area contributed by atoms with Crippen LogP contribution < -0.4 is 11.1 Å². The van der Waals surface area contributed by atoms with Crippen molar-refractivity contribution in [3.63, 3.8) is 0 Å². The van der Waals surface area contributed by atoms with Crippen molar-refractivity contribution >= 4 is 24.0 Å². The normalized spacial score (nSPS) is 22.2. The summed E-state index contributed by atoms with van der Waals surface area (Å²) in [5, 5.41) is 3.00. The molecule has 0 heterocycles. The summed E-state index contributed by atoms with van der Waals surface area (Å²) in [6.45, 7) is 4.33. The summed E-state index contributed by atoms with van der Waals surface area (Å²) in [5.74, 6) is 0.710. The van der Waals surface area contributed by atoms with Gasteiger partial charge < -0.3 is 11.1 Å². The SMILES string of the molecule is CC(C)c1ccc(NC(=O)C2CCCC(N)C2)cc1.Cl. The van der Waals surface area contributed by atoms with Gasteiger partial charge in [-0.05, 0) is 42.9 Å². The number of rotatable bonds is 3. The summed E-state index contributed by atoms with van der Waals surface area (Å²) in [5.41, 5.74) is 8.10. The lowest BCUT2D eigenvalue weighted by Gasteiger charge is -2.25. The van der Waals surface area contributed by atoms with Crippen LogP contribution in [0.4, 0.5) is 5.69 Å². The van der Waals surface area contributed by atoms with E-state index in [1.54, 1.807) is 0 Å². The summed E-state index contributed by atoms with van der Waals surface area (Å²) in [4.78, 5) is 12.2. The molecule has 1 aliphatic carbocycles. The first-order chi connectivity index (χ1) is 9.06. The average molecular weight is 297 g/mol. The minimum atomic E-state index is 0. The molecule has 1 aliphatic rings. The third kappa shape index (κ3) is 4.50. The van der Waals surface area contributed by atoms with E-state index in [1.165, 1.54) is 5.56 Å². The Morgan fingerprint density at radius 2 is 1.90 bits per heavy atom. The van der Waals surface area contributed by atoms with E-state index in [2.05, 4.69) is 31.3 Å². The van der Waals surface area contributed by atoms with Crippen LogP contribution in [-0.4, -0.2) is 11.9 Å². The van der Waals surface area contributed by atoms with Gasteiger partial charge in [-0.25, -0.2) is 0 Å². The number of carbonyl (C=O) groups is 1. The maximum Gasteiger partial charge on any atom is 0.227 e. The molecule has 112 valence electrons. The molecule has 0 spiro atoms. The predicted molar refractivity (Wildman–Crippen MR) is 86.3 cm³/mol. The maximum atomic E-state index is 12.2. The molecule has 1 aromatic carbocycles. The van der Waals surface area contributed by atoms with Crippen molar-refractivity contribution in [3.05, 3.63) is 29.8 Å². The third-order valence-electron chi connectivity index (χ3n) is 3.93. The molecule has 1 fully saturated rings. The highest BCUT2D eigenvalue weighted by atomic mass is 35.5. The summed E-state index contributed by atoms with van der Waals surface area (Å²) in [6, 6.07) is 8.30. The van der Waals surface area contributed by atoms with Gasteiger partial charge in [-0.15, -0.1) is 12.4 Å². The van der Waals surface area contributed by atoms with Crippen molar-refractivity contribution in [2.75, 3.05) is 5.32 Å². The molecule has 3 nitrogen and oxygen atoms in total. The van der Waals surface area contributed by atoms with Gasteiger partial charge in [0.05, 0.1) is 0 Å². The fourth-order valence-corrected chi connectivity index (χ4v) is 2.66. The number of carbonyl (C=O) groups excluding carboxylic acids is 1. The highest BCUT2D eigenvalue weighted by molar-refractivity contribution is 5.92. The van der Waals surface area contributed by atoms with Crippen LogP contribution in [0, 0.1) is 5.92 Å². The van der Waals surface area contributed by atoms with Gasteiger partial charge in [0.15, 0.2) is 0 Å². The highest BCUT2D eigenvalue weighted by Crippen LogP contribution is 2.25. The van der Waals surface area contributed by atoms with Gasteiger partial charge in [0, 0.05) is 17.6 Å². The van der Waals surface area contributed by atoms with Gasteiger partial charge in [-0.1, -0.05) is 32.4 Å². The first-order valence-electron chi connectivity index (χ1n) is 7.22. The van der Waals surface area contributed by atoms with E-state index < -0.39 is 0 Å². The molecule has 0 aliphatic heterocycles. The van der Waals surface area contributed by atoms with Gasteiger partial charge in [-0.3, -0.25) is 4.79 Å². The van der Waals surface area contributed by atoms with E-state index >= 15 is 0 Å². The topological polar surface area (TPSA) is 55.1 Å². The quantitative estimate of drug-likeness (QED) is 0.894. The Bertz CT molecular complexity index is 431. The minimum absolute atomic E-state index is 0. The number of hydrogen-bond acceptors (Lipinski definition) is 2. The molecular weight excluding hydrogens is 272 g/mol. The summed E-state index contributed by atoms with van der Waals surface area (Å²) in [7, 11) is 0. The van der Waals surface area contributed by atoms with Gasteiger partial charge >= 0.3 is 0 Å². The average Bonchev–Trinajstić information content (AvgIpc) is 2.39. The van der Waals surface area contributed by atoms with Crippen LogP contribution in [0.15, 0.2) is 24.3 Å². The zero-order chi connectivity index (χ0) is 13.8. The second-order valence-corrected chi connectivity index (χ2v) is 5.89. The predicted octanol–water partition coefficient (Wildman–Crippen LogP) is 3.69. The lowest BCUT2D eigenvalue weighted by molar-refractivity contribution is -0.120. The number of halogens is 1. The van der Waals surface area contributed by atoms with E-state index in [-0.39, 0.29) is 30.3 Å². The Morgan fingerprint density at radius 1 is 1.25 bits per heavy atom. The number of benzene rings is 1. The molecule has 2 rings (SSSR count). The minimum Gasteiger partial charge on any atom is -0.328 e. The molecule has 0 saturated heterocycles. The summed E-state index contributed by atoms with van der Waals surface area (Å²) >= 11 is 0. The van der Waals surface area contributed by atoms with Crippen molar-refractivity contribution in [2.45, 2.75) is 51.5 Å². The standard InChI is InChI=1S/C16H24N2O.ClH/c1-11(2)12-6-8-15(9-7-12)18-16(19)13-4-3-5-14(17)10-13;/h6-9,11,13-14H,3-5,10,17H2,1-2H3,(H,18,19);1H. The monoisotopic (exact) mass is 296 g/mol. The van der Waals surface area contributed by atoms with Crippen LogP contribution in [0.3, 0.4) is 0 Å². The number of amides is 1. The number of hydrogen-bond donors (Lipinski definition) is 2. The van der Waals surface area contributed by atoms with Crippen LogP contribution in [0.25, 0.3) is 0 Å². The van der Waals surface area contributed by atoms with Crippen LogP contribution >= 0.6 is 12.4 Å². The molecule has 20 heavy (non-hydrogen) atoms. The fraction of sp³-hybridized carbons (Fsp3) is 0.562. The Kier molecular flexibility index (Phi) is 6.50. The van der Waals surface area contributed by atoms with Crippen molar-refractivity contribution in [2.24, 2.45) is 11.7 Å².